The molecule has 3 N–H and O–H groups in total. The minimum Gasteiger partial charge on any atom is -0.386 e. The Hall–Kier alpha value is -1.62. The van der Waals surface area contributed by atoms with Crippen molar-refractivity contribution in [2.24, 2.45) is 10.9 Å². The van der Waals surface area contributed by atoms with Gasteiger partial charge in [-0.05, 0) is 44.6 Å². The second kappa shape index (κ2) is 8.87. The van der Waals surface area contributed by atoms with Crippen LogP contribution in [-0.4, -0.2) is 30.2 Å². The van der Waals surface area contributed by atoms with Crippen LogP contribution in [0, 0.1) is 11.7 Å². The Morgan fingerprint density at radius 2 is 2.00 bits per heavy atom. The van der Waals surface area contributed by atoms with Crippen LogP contribution >= 0.6 is 0 Å². The zero-order valence-corrected chi connectivity index (χ0v) is 14.1. The van der Waals surface area contributed by atoms with E-state index in [9.17, 15) is 9.50 Å². The molecule has 1 fully saturated rings. The van der Waals surface area contributed by atoms with E-state index in [2.05, 4.69) is 22.5 Å². The molecule has 0 bridgehead atoms. The van der Waals surface area contributed by atoms with E-state index in [-0.39, 0.29) is 6.54 Å². The highest BCUT2D eigenvalue weighted by Crippen LogP contribution is 2.23. The maximum absolute atomic E-state index is 13.7. The summed E-state index contributed by atoms with van der Waals surface area (Å²) < 4.78 is 13.7. The number of nitrogens with zero attached hydrogens (tertiary/aromatic N) is 1. The maximum Gasteiger partial charge on any atom is 0.191 e. The van der Waals surface area contributed by atoms with Gasteiger partial charge in [-0.15, -0.1) is 0 Å². The number of hydrogen-bond acceptors (Lipinski definition) is 2. The average molecular weight is 321 g/mol. The molecule has 0 heterocycles. The van der Waals surface area contributed by atoms with Crippen LogP contribution in [-0.2, 0) is 0 Å². The molecule has 1 saturated carbocycles. The monoisotopic (exact) mass is 321 g/mol. The molecule has 0 radical (unpaired) electrons. The van der Waals surface area contributed by atoms with E-state index in [4.69, 9.17) is 0 Å². The standard InChI is InChI=1S/C18H28FN3O/c1-3-20-18(22-14-10-8-13(2)9-11-14)21-12-17(23)15-6-4-5-7-16(15)19/h4-7,13-14,17,23H,3,8-12H2,1-2H3,(H2,20,21,22). The number of aliphatic hydroxyl groups excluding tert-OH is 1. The third-order valence-electron chi connectivity index (χ3n) is 4.39. The smallest absolute Gasteiger partial charge is 0.191 e. The van der Waals surface area contributed by atoms with Gasteiger partial charge in [-0.3, -0.25) is 4.99 Å². The first-order valence-electron chi connectivity index (χ1n) is 8.57. The average Bonchev–Trinajstić information content (AvgIpc) is 2.55. The van der Waals surface area contributed by atoms with E-state index < -0.39 is 11.9 Å². The first-order valence-corrected chi connectivity index (χ1v) is 8.57. The highest BCUT2D eigenvalue weighted by molar-refractivity contribution is 5.80. The van der Waals surface area contributed by atoms with Crippen molar-refractivity contribution in [1.82, 2.24) is 10.6 Å². The number of benzene rings is 1. The number of guanidine groups is 1. The van der Waals surface area contributed by atoms with Gasteiger partial charge in [0.05, 0.1) is 6.54 Å². The lowest BCUT2D eigenvalue weighted by Gasteiger charge is -2.28. The zero-order valence-electron chi connectivity index (χ0n) is 14.1. The molecule has 1 aromatic rings. The summed E-state index contributed by atoms with van der Waals surface area (Å²) in [4.78, 5) is 4.42. The lowest BCUT2D eigenvalue weighted by atomic mass is 9.87. The van der Waals surface area contributed by atoms with Crippen LogP contribution in [0.5, 0.6) is 0 Å². The third kappa shape index (κ3) is 5.50. The topological polar surface area (TPSA) is 56.7 Å². The van der Waals surface area contributed by atoms with E-state index >= 15 is 0 Å². The summed E-state index contributed by atoms with van der Waals surface area (Å²) in [5.74, 6) is 1.10. The van der Waals surface area contributed by atoms with Crippen molar-refractivity contribution in [3.05, 3.63) is 35.6 Å². The summed E-state index contributed by atoms with van der Waals surface area (Å²) in [6.07, 6.45) is 3.81. The number of halogens is 1. The number of hydrogen-bond donors (Lipinski definition) is 3. The van der Waals surface area contributed by atoms with Crippen LogP contribution in [0.3, 0.4) is 0 Å². The zero-order chi connectivity index (χ0) is 16.7. The van der Waals surface area contributed by atoms with Gasteiger partial charge in [0.1, 0.15) is 11.9 Å². The molecule has 1 atom stereocenters. The molecule has 1 aliphatic carbocycles. The van der Waals surface area contributed by atoms with E-state index in [1.165, 1.54) is 18.9 Å². The second-order valence-corrected chi connectivity index (χ2v) is 6.36. The minimum absolute atomic E-state index is 0.138. The Balaban J connectivity index is 1.94. The molecule has 1 unspecified atom stereocenters. The normalized spacial score (nSPS) is 23.4. The largest absolute Gasteiger partial charge is 0.386 e. The maximum atomic E-state index is 13.7. The van der Waals surface area contributed by atoms with Crippen molar-refractivity contribution in [3.8, 4) is 0 Å². The fourth-order valence-electron chi connectivity index (χ4n) is 2.94. The molecule has 1 aromatic carbocycles. The van der Waals surface area contributed by atoms with Crippen molar-refractivity contribution >= 4 is 5.96 Å². The molecule has 0 aromatic heterocycles. The summed E-state index contributed by atoms with van der Waals surface area (Å²) in [7, 11) is 0. The summed E-state index contributed by atoms with van der Waals surface area (Å²) in [6, 6.07) is 6.71. The van der Waals surface area contributed by atoms with Gasteiger partial charge in [0.25, 0.3) is 0 Å². The molecule has 0 spiro atoms. The van der Waals surface area contributed by atoms with Crippen molar-refractivity contribution in [3.63, 3.8) is 0 Å². The van der Waals surface area contributed by atoms with Gasteiger partial charge < -0.3 is 15.7 Å². The highest BCUT2D eigenvalue weighted by atomic mass is 19.1. The Bertz CT molecular complexity index is 513. The fourth-order valence-corrected chi connectivity index (χ4v) is 2.94. The first kappa shape index (κ1) is 17.7. The minimum atomic E-state index is -0.932. The molecule has 0 aliphatic heterocycles. The van der Waals surface area contributed by atoms with Crippen LogP contribution in [0.2, 0.25) is 0 Å². The Morgan fingerprint density at radius 3 is 2.65 bits per heavy atom. The van der Waals surface area contributed by atoms with Crippen LogP contribution < -0.4 is 10.6 Å². The molecule has 4 nitrogen and oxygen atoms in total. The predicted molar refractivity (Wildman–Crippen MR) is 91.9 cm³/mol. The molecular weight excluding hydrogens is 293 g/mol. The highest BCUT2D eigenvalue weighted by Gasteiger charge is 2.19. The van der Waals surface area contributed by atoms with Gasteiger partial charge in [-0.2, -0.15) is 0 Å². The summed E-state index contributed by atoms with van der Waals surface area (Å²) in [5, 5.41) is 16.8. The first-order chi connectivity index (χ1) is 11.1. The Morgan fingerprint density at radius 1 is 1.30 bits per heavy atom. The third-order valence-corrected chi connectivity index (χ3v) is 4.39. The predicted octanol–water partition coefficient (Wildman–Crippen LogP) is 2.99. The molecule has 5 heteroatoms. The Kier molecular flexibility index (Phi) is 6.84. The van der Waals surface area contributed by atoms with E-state index in [1.54, 1.807) is 18.2 Å². The molecule has 2 rings (SSSR count). The van der Waals surface area contributed by atoms with E-state index in [1.807, 2.05) is 6.92 Å². The lowest BCUT2D eigenvalue weighted by molar-refractivity contribution is 0.182. The molecular formula is C18H28FN3O. The lowest BCUT2D eigenvalue weighted by Crippen LogP contribution is -2.45. The number of aliphatic hydroxyl groups is 1. The van der Waals surface area contributed by atoms with Crippen LogP contribution in [0.1, 0.15) is 51.2 Å². The molecule has 0 saturated heterocycles. The molecule has 1 aliphatic rings. The summed E-state index contributed by atoms with van der Waals surface area (Å²) in [6.45, 7) is 5.19. The van der Waals surface area contributed by atoms with Crippen LogP contribution in [0.25, 0.3) is 0 Å². The fraction of sp³-hybridized carbons (Fsp3) is 0.611. The second-order valence-electron chi connectivity index (χ2n) is 6.36. The number of rotatable bonds is 5. The van der Waals surface area contributed by atoms with Gasteiger partial charge in [0.2, 0.25) is 0 Å². The summed E-state index contributed by atoms with van der Waals surface area (Å²) >= 11 is 0. The van der Waals surface area contributed by atoms with Gasteiger partial charge in [0, 0.05) is 18.2 Å². The molecule has 0 amide bonds. The number of nitrogens with one attached hydrogen (secondary N) is 2. The Labute approximate surface area is 138 Å². The SMILES string of the molecule is CCNC(=NCC(O)c1ccccc1F)NC1CCC(C)CC1. The summed E-state index contributed by atoms with van der Waals surface area (Å²) in [5.41, 5.74) is 0.290. The van der Waals surface area contributed by atoms with Gasteiger partial charge in [-0.1, -0.05) is 25.1 Å². The quantitative estimate of drug-likeness (QED) is 0.577. The van der Waals surface area contributed by atoms with Crippen molar-refractivity contribution in [2.75, 3.05) is 13.1 Å². The van der Waals surface area contributed by atoms with Crippen LogP contribution in [0.15, 0.2) is 29.3 Å². The van der Waals surface area contributed by atoms with Crippen molar-refractivity contribution in [2.45, 2.75) is 51.7 Å². The molecule has 128 valence electrons. The van der Waals surface area contributed by atoms with Crippen molar-refractivity contribution in [1.29, 1.82) is 0 Å². The van der Waals surface area contributed by atoms with Crippen molar-refractivity contribution < 1.29 is 9.50 Å². The molecule has 23 heavy (non-hydrogen) atoms. The van der Waals surface area contributed by atoms with E-state index in [0.29, 0.717) is 17.6 Å². The van der Waals surface area contributed by atoms with Crippen LogP contribution in [0.4, 0.5) is 4.39 Å². The van der Waals surface area contributed by atoms with Gasteiger partial charge >= 0.3 is 0 Å². The number of aliphatic imine (C=N–C) groups is 1. The van der Waals surface area contributed by atoms with Gasteiger partial charge in [0.15, 0.2) is 5.96 Å². The van der Waals surface area contributed by atoms with E-state index in [0.717, 1.165) is 25.3 Å². The van der Waals surface area contributed by atoms with Gasteiger partial charge in [-0.25, -0.2) is 4.39 Å².